The quantitative estimate of drug-likeness (QED) is 0.924. The Hall–Kier alpha value is -2.41. The van der Waals surface area contributed by atoms with Gasteiger partial charge in [0.1, 0.15) is 17.1 Å². The van der Waals surface area contributed by atoms with Gasteiger partial charge in [0, 0.05) is 19.0 Å². The Morgan fingerprint density at radius 1 is 1.35 bits per heavy atom. The number of benzene rings is 1. The van der Waals surface area contributed by atoms with E-state index in [1.165, 1.54) is 0 Å². The number of hydrogen-bond acceptors (Lipinski definition) is 5. The Morgan fingerprint density at radius 2 is 2.09 bits per heavy atom. The second kappa shape index (κ2) is 5.66. The summed E-state index contributed by atoms with van der Waals surface area (Å²) in [5, 5.41) is 10.9. The molecule has 7 nitrogen and oxygen atoms in total. The molecule has 23 heavy (non-hydrogen) atoms. The van der Waals surface area contributed by atoms with Crippen LogP contribution in [0.25, 0.3) is 0 Å². The van der Waals surface area contributed by atoms with E-state index >= 15 is 0 Å². The Bertz CT molecular complexity index is 740. The molecule has 1 aliphatic rings. The average molecular weight is 315 g/mol. The number of para-hydroxylation sites is 1. The van der Waals surface area contributed by atoms with E-state index in [2.05, 4.69) is 15.5 Å². The molecule has 0 spiro atoms. The summed E-state index contributed by atoms with van der Waals surface area (Å²) in [7, 11) is 5.64. The molecule has 1 atom stereocenters. The molecule has 1 amide bonds. The van der Waals surface area contributed by atoms with Gasteiger partial charge in [0.25, 0.3) is 5.91 Å². The first-order valence-electron chi connectivity index (χ1n) is 7.54. The summed E-state index contributed by atoms with van der Waals surface area (Å²) in [4.78, 5) is 15.1. The number of aryl methyl sites for hydroxylation is 1. The zero-order valence-corrected chi connectivity index (χ0v) is 13.8. The van der Waals surface area contributed by atoms with E-state index < -0.39 is 5.54 Å². The van der Waals surface area contributed by atoms with Gasteiger partial charge in [-0.25, -0.2) is 0 Å². The summed E-state index contributed by atoms with van der Waals surface area (Å²) in [6, 6.07) is 7.67. The largest absolute Gasteiger partial charge is 0.493 e. The Morgan fingerprint density at radius 3 is 2.74 bits per heavy atom. The number of carbonyl (C=O) groups excluding carboxylic acids is 1. The second-order valence-corrected chi connectivity index (χ2v) is 5.93. The predicted octanol–water partition coefficient (Wildman–Crippen LogP) is 1.30. The van der Waals surface area contributed by atoms with E-state index in [9.17, 15) is 4.79 Å². The highest BCUT2D eigenvalue weighted by molar-refractivity contribution is 5.98. The molecule has 0 radical (unpaired) electrons. The van der Waals surface area contributed by atoms with Crippen LogP contribution in [0.1, 0.15) is 17.8 Å². The average Bonchev–Trinajstić information content (AvgIpc) is 2.86. The van der Waals surface area contributed by atoms with Crippen molar-refractivity contribution >= 4 is 11.9 Å². The van der Waals surface area contributed by atoms with E-state index in [4.69, 9.17) is 4.74 Å². The van der Waals surface area contributed by atoms with Crippen LogP contribution in [0.2, 0.25) is 0 Å². The highest BCUT2D eigenvalue weighted by Gasteiger charge is 2.46. The number of nitrogens with zero attached hydrogens (tertiary/aromatic N) is 4. The lowest BCUT2D eigenvalue weighted by Gasteiger charge is -2.42. The van der Waals surface area contributed by atoms with Gasteiger partial charge in [-0.05, 0) is 27.1 Å². The zero-order chi connectivity index (χ0) is 16.6. The minimum atomic E-state index is -0.797. The molecule has 0 saturated carbocycles. The molecule has 0 aliphatic carbocycles. The van der Waals surface area contributed by atoms with Crippen molar-refractivity contribution in [3.05, 3.63) is 35.7 Å². The number of fused-ring (bicyclic) bond motifs is 1. The molecule has 3 rings (SSSR count). The highest BCUT2D eigenvalue weighted by Crippen LogP contribution is 2.40. The first-order chi connectivity index (χ1) is 11.0. The molecule has 7 heteroatoms. The van der Waals surface area contributed by atoms with Gasteiger partial charge in [-0.2, -0.15) is 0 Å². The van der Waals surface area contributed by atoms with E-state index in [0.29, 0.717) is 19.0 Å². The van der Waals surface area contributed by atoms with Crippen LogP contribution in [0.3, 0.4) is 0 Å². The number of carbonyl (C=O) groups is 1. The van der Waals surface area contributed by atoms with Crippen LogP contribution in [0.15, 0.2) is 24.3 Å². The molecule has 2 aromatic rings. The van der Waals surface area contributed by atoms with Gasteiger partial charge in [-0.1, -0.05) is 18.2 Å². The number of likely N-dealkylation sites (N-methyl/N-ethyl adjacent to an activating group) is 1. The topological polar surface area (TPSA) is 72.3 Å². The van der Waals surface area contributed by atoms with Crippen molar-refractivity contribution < 1.29 is 9.53 Å². The van der Waals surface area contributed by atoms with Crippen LogP contribution < -0.4 is 10.1 Å². The maximum absolute atomic E-state index is 13.2. The van der Waals surface area contributed by atoms with Crippen molar-refractivity contribution in [3.63, 3.8) is 0 Å². The molecular formula is C16H21N5O2. The lowest BCUT2D eigenvalue weighted by atomic mass is 9.82. The summed E-state index contributed by atoms with van der Waals surface area (Å²) in [5.41, 5.74) is 0.0713. The van der Waals surface area contributed by atoms with Gasteiger partial charge in [-0.15, -0.1) is 10.2 Å². The van der Waals surface area contributed by atoms with Crippen LogP contribution in [0.4, 0.5) is 5.95 Å². The van der Waals surface area contributed by atoms with Crippen molar-refractivity contribution in [1.82, 2.24) is 19.7 Å². The van der Waals surface area contributed by atoms with E-state index in [1.807, 2.05) is 57.2 Å². The number of aromatic nitrogens is 3. The van der Waals surface area contributed by atoms with E-state index in [-0.39, 0.29) is 5.91 Å². The van der Waals surface area contributed by atoms with Gasteiger partial charge >= 0.3 is 0 Å². The van der Waals surface area contributed by atoms with Crippen LogP contribution in [0.5, 0.6) is 5.75 Å². The van der Waals surface area contributed by atoms with E-state index in [0.717, 1.165) is 17.1 Å². The smallest absolute Gasteiger partial charge is 0.252 e. The first kappa shape index (κ1) is 15.5. The number of amides is 1. The van der Waals surface area contributed by atoms with E-state index in [1.54, 1.807) is 4.57 Å². The molecule has 1 unspecified atom stereocenters. The number of ether oxygens (including phenoxy) is 1. The molecule has 1 aliphatic heterocycles. The fraction of sp³-hybridized carbons (Fsp3) is 0.438. The summed E-state index contributed by atoms with van der Waals surface area (Å²) >= 11 is 0. The van der Waals surface area contributed by atoms with Gasteiger partial charge in [0.2, 0.25) is 5.95 Å². The lowest BCUT2D eigenvalue weighted by molar-refractivity contribution is -0.129. The molecule has 0 bridgehead atoms. The first-order valence-corrected chi connectivity index (χ1v) is 7.54. The molecule has 1 N–H and O–H groups in total. The summed E-state index contributed by atoms with van der Waals surface area (Å²) in [6.07, 6.45) is 0.569. The number of anilines is 1. The summed E-state index contributed by atoms with van der Waals surface area (Å²) < 4.78 is 7.47. The van der Waals surface area contributed by atoms with Gasteiger partial charge in [0.05, 0.1) is 6.61 Å². The standard InChI is InChI=1S/C16H21N5O2/c1-11-18-19-15(21(11)4)17-14(22)16(20(2)3)9-10-23-13-8-6-5-7-12(13)16/h5-8H,9-10H2,1-4H3,(H,17,19,22). The third-order valence-corrected chi connectivity index (χ3v) is 4.51. The number of hydrogen-bond donors (Lipinski definition) is 1. The van der Waals surface area contributed by atoms with Gasteiger partial charge < -0.3 is 9.30 Å². The summed E-state index contributed by atoms with van der Waals surface area (Å²) in [5.74, 6) is 1.80. The SMILES string of the molecule is Cc1nnc(NC(=O)C2(N(C)C)CCOc3ccccc32)n1C. The maximum atomic E-state index is 13.2. The third kappa shape index (κ3) is 2.37. The van der Waals surface area contributed by atoms with Crippen LogP contribution in [0, 0.1) is 6.92 Å². The van der Waals surface area contributed by atoms with Crippen molar-refractivity contribution in [1.29, 1.82) is 0 Å². The Balaban J connectivity index is 2.03. The Labute approximate surface area is 135 Å². The minimum Gasteiger partial charge on any atom is -0.493 e. The van der Waals surface area contributed by atoms with Crippen LogP contribution in [-0.2, 0) is 17.4 Å². The molecule has 1 aromatic heterocycles. The molecule has 0 fully saturated rings. The highest BCUT2D eigenvalue weighted by atomic mass is 16.5. The van der Waals surface area contributed by atoms with Crippen molar-refractivity contribution in [2.45, 2.75) is 18.9 Å². The fourth-order valence-electron chi connectivity index (χ4n) is 3.00. The fourth-order valence-corrected chi connectivity index (χ4v) is 3.00. The number of nitrogens with one attached hydrogen (secondary N) is 1. The van der Waals surface area contributed by atoms with Crippen molar-refractivity contribution in [2.24, 2.45) is 7.05 Å². The monoisotopic (exact) mass is 315 g/mol. The zero-order valence-electron chi connectivity index (χ0n) is 13.8. The maximum Gasteiger partial charge on any atom is 0.252 e. The van der Waals surface area contributed by atoms with Crippen molar-refractivity contribution in [3.8, 4) is 5.75 Å². The normalized spacial score (nSPS) is 20.0. The molecule has 2 heterocycles. The van der Waals surface area contributed by atoms with Crippen LogP contribution in [-0.4, -0.2) is 46.3 Å². The summed E-state index contributed by atoms with van der Waals surface area (Å²) in [6.45, 7) is 2.33. The molecular weight excluding hydrogens is 294 g/mol. The van der Waals surface area contributed by atoms with Crippen molar-refractivity contribution in [2.75, 3.05) is 26.0 Å². The third-order valence-electron chi connectivity index (χ3n) is 4.51. The van der Waals surface area contributed by atoms with Gasteiger partial charge in [-0.3, -0.25) is 15.0 Å². The molecule has 122 valence electrons. The second-order valence-electron chi connectivity index (χ2n) is 5.93. The number of rotatable bonds is 3. The predicted molar refractivity (Wildman–Crippen MR) is 86.3 cm³/mol. The molecule has 1 aromatic carbocycles. The van der Waals surface area contributed by atoms with Gasteiger partial charge in [0.15, 0.2) is 0 Å². The molecule has 0 saturated heterocycles. The minimum absolute atomic E-state index is 0.131. The van der Waals surface area contributed by atoms with Crippen LogP contribution >= 0.6 is 0 Å². The Kier molecular flexibility index (Phi) is 3.81. The lowest BCUT2D eigenvalue weighted by Crippen LogP contribution is -2.54.